The molecular weight excluding hydrogens is 326 g/mol. The number of hydrogen-bond acceptors (Lipinski definition) is 4. The fraction of sp³-hybridized carbons (Fsp3) is 0.235. The Labute approximate surface area is 141 Å². The molecule has 3 rings (SSSR count). The summed E-state index contributed by atoms with van der Waals surface area (Å²) in [5.41, 5.74) is 2.34. The highest BCUT2D eigenvalue weighted by molar-refractivity contribution is 7.89. The first kappa shape index (κ1) is 16.5. The Morgan fingerprint density at radius 3 is 2.71 bits per heavy atom. The molecule has 0 spiro atoms. The van der Waals surface area contributed by atoms with Gasteiger partial charge < -0.3 is 9.30 Å². The zero-order chi connectivity index (χ0) is 17.3. The van der Waals surface area contributed by atoms with Gasteiger partial charge in [0.2, 0.25) is 10.0 Å². The molecule has 3 aromatic rings. The average molecular weight is 345 g/mol. The first-order valence-corrected chi connectivity index (χ1v) is 8.95. The van der Waals surface area contributed by atoms with E-state index in [0.29, 0.717) is 11.3 Å². The Balaban J connectivity index is 1.88. The van der Waals surface area contributed by atoms with Crippen LogP contribution >= 0.6 is 0 Å². The van der Waals surface area contributed by atoms with Crippen LogP contribution in [0.1, 0.15) is 11.4 Å². The minimum absolute atomic E-state index is 0.158. The maximum absolute atomic E-state index is 12.6. The Hall–Kier alpha value is -2.38. The molecule has 6 nitrogen and oxygen atoms in total. The van der Waals surface area contributed by atoms with E-state index >= 15 is 0 Å². The third kappa shape index (κ3) is 3.00. The van der Waals surface area contributed by atoms with E-state index in [1.165, 1.54) is 0 Å². The molecule has 0 aliphatic carbocycles. The van der Waals surface area contributed by atoms with Gasteiger partial charge in [-0.05, 0) is 31.2 Å². The molecule has 0 unspecified atom stereocenters. The van der Waals surface area contributed by atoms with Gasteiger partial charge in [-0.25, -0.2) is 18.1 Å². The van der Waals surface area contributed by atoms with Gasteiger partial charge >= 0.3 is 0 Å². The highest BCUT2D eigenvalue weighted by atomic mass is 32.2. The fourth-order valence-corrected chi connectivity index (χ4v) is 3.60. The number of nitrogens with one attached hydrogen (secondary N) is 1. The van der Waals surface area contributed by atoms with Gasteiger partial charge in [0.25, 0.3) is 0 Å². The van der Waals surface area contributed by atoms with Crippen molar-refractivity contribution >= 4 is 21.1 Å². The molecule has 0 amide bonds. The number of aromatic nitrogens is 2. The van der Waals surface area contributed by atoms with Crippen molar-refractivity contribution in [1.82, 2.24) is 14.3 Å². The lowest BCUT2D eigenvalue weighted by Crippen LogP contribution is -2.23. The van der Waals surface area contributed by atoms with Crippen LogP contribution in [0.5, 0.6) is 5.75 Å². The van der Waals surface area contributed by atoms with Crippen LogP contribution in [-0.4, -0.2) is 25.1 Å². The molecule has 0 saturated heterocycles. The normalized spacial score (nSPS) is 11.8. The van der Waals surface area contributed by atoms with Crippen LogP contribution in [0, 0.1) is 6.92 Å². The molecule has 0 bridgehead atoms. The van der Waals surface area contributed by atoms with Crippen molar-refractivity contribution in [2.75, 3.05) is 7.11 Å². The zero-order valence-electron chi connectivity index (χ0n) is 13.8. The fourth-order valence-electron chi connectivity index (χ4n) is 2.57. The minimum atomic E-state index is -3.63. The lowest BCUT2D eigenvalue weighted by molar-refractivity contribution is 0.409. The molecule has 24 heavy (non-hydrogen) atoms. The van der Waals surface area contributed by atoms with E-state index < -0.39 is 10.0 Å². The number of sulfonamides is 1. The summed E-state index contributed by atoms with van der Waals surface area (Å²) in [7, 11) is -0.172. The third-order valence-corrected chi connectivity index (χ3v) is 5.43. The average Bonchev–Trinajstić information content (AvgIpc) is 2.87. The number of imidazole rings is 1. The molecule has 0 atom stereocenters. The summed E-state index contributed by atoms with van der Waals surface area (Å²) in [6.07, 6.45) is 0. The zero-order valence-corrected chi connectivity index (χ0v) is 14.6. The molecule has 1 aromatic heterocycles. The van der Waals surface area contributed by atoms with Crippen molar-refractivity contribution < 1.29 is 13.2 Å². The van der Waals surface area contributed by atoms with E-state index in [9.17, 15) is 8.42 Å². The van der Waals surface area contributed by atoms with E-state index in [1.807, 2.05) is 36.7 Å². The number of ether oxygens (including phenoxy) is 1. The second-order valence-corrected chi connectivity index (χ2v) is 7.27. The summed E-state index contributed by atoms with van der Waals surface area (Å²) in [6, 6.07) is 12.3. The van der Waals surface area contributed by atoms with Crippen molar-refractivity contribution in [3.8, 4) is 5.75 Å². The highest BCUT2D eigenvalue weighted by Crippen LogP contribution is 2.21. The van der Waals surface area contributed by atoms with Crippen LogP contribution in [-0.2, 0) is 23.6 Å². The molecule has 0 aliphatic heterocycles. The monoisotopic (exact) mass is 345 g/mol. The van der Waals surface area contributed by atoms with E-state index in [2.05, 4.69) is 9.71 Å². The predicted octanol–water partition coefficient (Wildman–Crippen LogP) is 2.37. The van der Waals surface area contributed by atoms with Gasteiger partial charge in [-0.15, -0.1) is 0 Å². The van der Waals surface area contributed by atoms with E-state index in [-0.39, 0.29) is 11.4 Å². The molecule has 0 saturated carbocycles. The number of rotatable bonds is 5. The van der Waals surface area contributed by atoms with Crippen molar-refractivity contribution in [1.29, 1.82) is 0 Å². The van der Waals surface area contributed by atoms with Crippen LogP contribution in [0.2, 0.25) is 0 Å². The quantitative estimate of drug-likeness (QED) is 0.770. The van der Waals surface area contributed by atoms with Gasteiger partial charge in [-0.2, -0.15) is 0 Å². The number of para-hydroxylation sites is 1. The Bertz CT molecular complexity index is 993. The SMILES string of the molecule is COc1ccccc1CNS(=O)(=O)c1ccc2c(c1)nc(C)n2C. The van der Waals surface area contributed by atoms with Crippen molar-refractivity contribution in [3.05, 3.63) is 53.9 Å². The molecule has 2 aromatic carbocycles. The number of nitrogens with zero attached hydrogens (tertiary/aromatic N) is 2. The van der Waals surface area contributed by atoms with Crippen molar-refractivity contribution in [2.45, 2.75) is 18.4 Å². The van der Waals surface area contributed by atoms with Crippen molar-refractivity contribution in [2.24, 2.45) is 7.05 Å². The van der Waals surface area contributed by atoms with Crippen molar-refractivity contribution in [3.63, 3.8) is 0 Å². The Morgan fingerprint density at radius 1 is 1.21 bits per heavy atom. The maximum atomic E-state index is 12.6. The number of fused-ring (bicyclic) bond motifs is 1. The first-order valence-electron chi connectivity index (χ1n) is 7.47. The second-order valence-electron chi connectivity index (χ2n) is 5.50. The molecule has 7 heteroatoms. The Kier molecular flexibility index (Phi) is 4.29. The molecule has 126 valence electrons. The lowest BCUT2D eigenvalue weighted by atomic mass is 10.2. The molecule has 0 fully saturated rings. The number of benzene rings is 2. The Morgan fingerprint density at radius 2 is 1.96 bits per heavy atom. The van der Waals surface area contributed by atoms with Gasteiger partial charge in [-0.3, -0.25) is 0 Å². The van der Waals surface area contributed by atoms with Crippen LogP contribution in [0.4, 0.5) is 0 Å². The molecule has 0 radical (unpaired) electrons. The smallest absolute Gasteiger partial charge is 0.240 e. The van der Waals surface area contributed by atoms with Crippen LogP contribution in [0.15, 0.2) is 47.4 Å². The van der Waals surface area contributed by atoms with E-state index in [0.717, 1.165) is 16.9 Å². The first-order chi connectivity index (χ1) is 11.4. The second kappa shape index (κ2) is 6.26. The highest BCUT2D eigenvalue weighted by Gasteiger charge is 2.16. The van der Waals surface area contributed by atoms with Crippen LogP contribution in [0.3, 0.4) is 0 Å². The van der Waals surface area contributed by atoms with Gasteiger partial charge in [0, 0.05) is 19.2 Å². The molecule has 1 heterocycles. The topological polar surface area (TPSA) is 73.2 Å². The maximum Gasteiger partial charge on any atom is 0.240 e. The summed E-state index contributed by atoms with van der Waals surface area (Å²) in [5.74, 6) is 1.48. The van der Waals surface area contributed by atoms with Gasteiger partial charge in [0.1, 0.15) is 11.6 Å². The standard InChI is InChI=1S/C17H19N3O3S/c1-12-19-15-10-14(8-9-16(15)20(12)2)24(21,22)18-11-13-6-4-5-7-17(13)23-3/h4-10,18H,11H2,1-3H3. The van der Waals surface area contributed by atoms with E-state index in [4.69, 9.17) is 4.74 Å². The summed E-state index contributed by atoms with van der Waals surface area (Å²) in [6.45, 7) is 2.04. The number of hydrogen-bond donors (Lipinski definition) is 1. The third-order valence-electron chi connectivity index (χ3n) is 4.03. The number of aryl methyl sites for hydroxylation is 2. The molecular formula is C17H19N3O3S. The van der Waals surface area contributed by atoms with Crippen LogP contribution in [0.25, 0.3) is 11.0 Å². The molecule has 0 aliphatic rings. The minimum Gasteiger partial charge on any atom is -0.496 e. The summed E-state index contributed by atoms with van der Waals surface area (Å²) in [5, 5.41) is 0. The summed E-state index contributed by atoms with van der Waals surface area (Å²) < 4.78 is 34.9. The largest absolute Gasteiger partial charge is 0.496 e. The molecule has 1 N–H and O–H groups in total. The predicted molar refractivity (Wildman–Crippen MR) is 92.5 cm³/mol. The number of methoxy groups -OCH3 is 1. The summed E-state index contributed by atoms with van der Waals surface area (Å²) >= 11 is 0. The van der Waals surface area contributed by atoms with Crippen LogP contribution < -0.4 is 9.46 Å². The van der Waals surface area contributed by atoms with Gasteiger partial charge in [-0.1, -0.05) is 18.2 Å². The lowest BCUT2D eigenvalue weighted by Gasteiger charge is -2.10. The van der Waals surface area contributed by atoms with Gasteiger partial charge in [0.15, 0.2) is 0 Å². The summed E-state index contributed by atoms with van der Waals surface area (Å²) in [4.78, 5) is 4.58. The van der Waals surface area contributed by atoms with Gasteiger partial charge in [0.05, 0.1) is 23.0 Å². The van der Waals surface area contributed by atoms with E-state index in [1.54, 1.807) is 31.4 Å².